The van der Waals surface area contributed by atoms with Gasteiger partial charge in [-0.1, -0.05) is 22.9 Å². The van der Waals surface area contributed by atoms with Gasteiger partial charge in [0.25, 0.3) is 0 Å². The van der Waals surface area contributed by atoms with E-state index in [4.69, 9.17) is 4.74 Å². The molecule has 0 aliphatic carbocycles. The van der Waals surface area contributed by atoms with Gasteiger partial charge in [-0.25, -0.2) is 0 Å². The number of halogens is 1. The lowest BCUT2D eigenvalue weighted by Gasteiger charge is -2.29. The Hall–Kier alpha value is -0.130. The Balaban J connectivity index is 4.23. The molecule has 16 heavy (non-hydrogen) atoms. The van der Waals surface area contributed by atoms with E-state index in [9.17, 15) is 4.79 Å². The summed E-state index contributed by atoms with van der Waals surface area (Å²) in [6.45, 7) is 6.42. The molecule has 0 aromatic rings. The molecule has 0 bridgehead atoms. The minimum absolute atomic E-state index is 0.231. The first kappa shape index (κ1) is 15.9. The first-order valence-corrected chi connectivity index (χ1v) is 6.43. The molecule has 0 rings (SSSR count). The smallest absolute Gasteiger partial charge is 0.320 e. The molecule has 0 aliphatic heterocycles. The van der Waals surface area contributed by atoms with E-state index >= 15 is 0 Å². The van der Waals surface area contributed by atoms with Crippen LogP contribution in [0.25, 0.3) is 0 Å². The van der Waals surface area contributed by atoms with E-state index in [1.807, 2.05) is 0 Å². The van der Waals surface area contributed by atoms with Crippen molar-refractivity contribution in [2.24, 2.45) is 0 Å². The third kappa shape index (κ3) is 5.82. The molecular formula is C11H22BrNO3. The van der Waals surface area contributed by atoms with Gasteiger partial charge in [0.2, 0.25) is 0 Å². The number of ether oxygens (including phenoxy) is 2. The van der Waals surface area contributed by atoms with Crippen molar-refractivity contribution in [3.05, 3.63) is 0 Å². The van der Waals surface area contributed by atoms with Crippen molar-refractivity contribution in [3.63, 3.8) is 0 Å². The Kier molecular flexibility index (Phi) is 8.89. The van der Waals surface area contributed by atoms with Crippen molar-refractivity contribution in [1.82, 2.24) is 4.90 Å². The highest BCUT2D eigenvalue weighted by molar-refractivity contribution is 9.10. The van der Waals surface area contributed by atoms with Crippen LogP contribution in [0, 0.1) is 0 Å². The van der Waals surface area contributed by atoms with E-state index in [-0.39, 0.29) is 10.8 Å². The number of nitrogens with zero attached hydrogens (tertiary/aromatic N) is 1. The summed E-state index contributed by atoms with van der Waals surface area (Å²) in [4.78, 5) is 13.3. The van der Waals surface area contributed by atoms with Gasteiger partial charge in [0.1, 0.15) is 4.83 Å². The Morgan fingerprint density at radius 1 is 1.44 bits per heavy atom. The summed E-state index contributed by atoms with van der Waals surface area (Å²) in [6, 6.07) is 0.430. The molecule has 5 heteroatoms. The third-order valence-corrected chi connectivity index (χ3v) is 3.31. The van der Waals surface area contributed by atoms with Crippen LogP contribution in [-0.4, -0.2) is 55.7 Å². The largest absolute Gasteiger partial charge is 0.468 e. The van der Waals surface area contributed by atoms with Crippen LogP contribution in [0.3, 0.4) is 0 Å². The summed E-state index contributed by atoms with van der Waals surface area (Å²) in [5.41, 5.74) is 0. The molecule has 0 spiro atoms. The van der Waals surface area contributed by atoms with Crippen molar-refractivity contribution >= 4 is 21.9 Å². The molecule has 2 atom stereocenters. The second-order valence-electron chi connectivity index (χ2n) is 3.74. The number of esters is 1. The number of rotatable bonds is 8. The highest BCUT2D eigenvalue weighted by Crippen LogP contribution is 2.10. The Morgan fingerprint density at radius 2 is 2.06 bits per heavy atom. The molecule has 0 amide bonds. The molecule has 0 saturated heterocycles. The topological polar surface area (TPSA) is 38.8 Å². The van der Waals surface area contributed by atoms with Crippen LogP contribution in [0.1, 0.15) is 20.3 Å². The quantitative estimate of drug-likeness (QED) is 0.504. The first-order chi connectivity index (χ1) is 7.56. The fraction of sp³-hybridized carbons (Fsp3) is 0.909. The molecule has 0 N–H and O–H groups in total. The van der Waals surface area contributed by atoms with E-state index in [1.54, 1.807) is 7.11 Å². The van der Waals surface area contributed by atoms with Crippen LogP contribution < -0.4 is 0 Å². The summed E-state index contributed by atoms with van der Waals surface area (Å²) in [6.07, 6.45) is 1.05. The summed E-state index contributed by atoms with van der Waals surface area (Å²) in [5.74, 6) is -0.231. The summed E-state index contributed by atoms with van der Waals surface area (Å²) in [5, 5.41) is 0. The van der Waals surface area contributed by atoms with Crippen LogP contribution in [0.4, 0.5) is 0 Å². The maximum Gasteiger partial charge on any atom is 0.320 e. The first-order valence-electron chi connectivity index (χ1n) is 5.51. The lowest BCUT2D eigenvalue weighted by molar-refractivity contribution is -0.140. The molecule has 0 aromatic heterocycles. The van der Waals surface area contributed by atoms with Crippen LogP contribution in [0.5, 0.6) is 0 Å². The second-order valence-corrected chi connectivity index (χ2v) is 4.84. The zero-order chi connectivity index (χ0) is 12.6. The minimum Gasteiger partial charge on any atom is -0.468 e. The van der Waals surface area contributed by atoms with Gasteiger partial charge in [-0.05, 0) is 13.3 Å². The molecule has 0 aromatic carbocycles. The van der Waals surface area contributed by atoms with Crippen molar-refractivity contribution in [2.45, 2.75) is 31.1 Å². The molecule has 2 unspecified atom stereocenters. The number of alkyl halides is 1. The monoisotopic (exact) mass is 295 g/mol. The Bertz CT molecular complexity index is 202. The fourth-order valence-electron chi connectivity index (χ4n) is 1.37. The van der Waals surface area contributed by atoms with Crippen molar-refractivity contribution in [3.8, 4) is 0 Å². The summed E-state index contributed by atoms with van der Waals surface area (Å²) in [7, 11) is 3.08. The van der Waals surface area contributed by atoms with E-state index in [2.05, 4.69) is 39.4 Å². The predicted molar refractivity (Wildman–Crippen MR) is 67.9 cm³/mol. The maximum absolute atomic E-state index is 11.3. The summed E-state index contributed by atoms with van der Waals surface area (Å²) >= 11 is 3.34. The van der Waals surface area contributed by atoms with Crippen LogP contribution in [-0.2, 0) is 14.3 Å². The van der Waals surface area contributed by atoms with E-state index in [0.717, 1.165) is 13.0 Å². The van der Waals surface area contributed by atoms with Gasteiger partial charge in [-0.3, -0.25) is 9.69 Å². The van der Waals surface area contributed by atoms with E-state index in [0.29, 0.717) is 19.2 Å². The van der Waals surface area contributed by atoms with Crippen LogP contribution in [0.15, 0.2) is 0 Å². The average molecular weight is 296 g/mol. The number of methoxy groups -OCH3 is 2. The van der Waals surface area contributed by atoms with Crippen molar-refractivity contribution < 1.29 is 14.3 Å². The third-order valence-electron chi connectivity index (χ3n) is 2.65. The molecule has 0 aliphatic rings. The highest BCUT2D eigenvalue weighted by Gasteiger charge is 2.21. The molecule has 4 nitrogen and oxygen atoms in total. The minimum atomic E-state index is -0.275. The predicted octanol–water partition coefficient (Wildman–Crippen LogP) is 1.67. The fourth-order valence-corrected chi connectivity index (χ4v) is 1.93. The number of carbonyl (C=O) groups is 1. The van der Waals surface area contributed by atoms with E-state index in [1.165, 1.54) is 7.11 Å². The van der Waals surface area contributed by atoms with Crippen molar-refractivity contribution in [1.29, 1.82) is 0 Å². The summed E-state index contributed by atoms with van der Waals surface area (Å²) < 4.78 is 9.75. The molecular weight excluding hydrogens is 274 g/mol. The number of hydrogen-bond donors (Lipinski definition) is 0. The van der Waals surface area contributed by atoms with Gasteiger partial charge in [0.15, 0.2) is 0 Å². The zero-order valence-corrected chi connectivity index (χ0v) is 12.1. The van der Waals surface area contributed by atoms with E-state index < -0.39 is 0 Å². The zero-order valence-electron chi connectivity index (χ0n) is 10.5. The molecule has 96 valence electrons. The Labute approximate surface area is 106 Å². The maximum atomic E-state index is 11.3. The molecule has 0 fully saturated rings. The Morgan fingerprint density at radius 3 is 2.50 bits per heavy atom. The van der Waals surface area contributed by atoms with Crippen LogP contribution >= 0.6 is 15.9 Å². The normalized spacial score (nSPS) is 14.9. The van der Waals surface area contributed by atoms with Gasteiger partial charge >= 0.3 is 5.97 Å². The van der Waals surface area contributed by atoms with Gasteiger partial charge < -0.3 is 9.47 Å². The number of hydrogen-bond acceptors (Lipinski definition) is 4. The lowest BCUT2D eigenvalue weighted by Crippen LogP contribution is -2.41. The lowest BCUT2D eigenvalue weighted by atomic mass is 10.2. The van der Waals surface area contributed by atoms with Crippen molar-refractivity contribution in [2.75, 3.05) is 33.9 Å². The highest BCUT2D eigenvalue weighted by atomic mass is 79.9. The molecule has 0 saturated carbocycles. The SMILES string of the molecule is CCC(C)N(CCOC)CC(Br)C(=O)OC. The number of carbonyl (C=O) groups excluding carboxylic acids is 1. The second kappa shape index (κ2) is 8.96. The molecule has 0 radical (unpaired) electrons. The van der Waals surface area contributed by atoms with Gasteiger partial charge in [0.05, 0.1) is 13.7 Å². The standard InChI is InChI=1S/C11H22BrNO3/c1-5-9(2)13(6-7-15-3)8-10(12)11(14)16-4/h9-10H,5-8H2,1-4H3. The van der Waals surface area contributed by atoms with Gasteiger partial charge in [-0.2, -0.15) is 0 Å². The molecule has 0 heterocycles. The average Bonchev–Trinajstić information content (AvgIpc) is 2.31. The van der Waals surface area contributed by atoms with Crippen LogP contribution in [0.2, 0.25) is 0 Å². The van der Waals surface area contributed by atoms with Gasteiger partial charge in [0, 0.05) is 26.2 Å². The van der Waals surface area contributed by atoms with Gasteiger partial charge in [-0.15, -0.1) is 0 Å².